The number of carbonyl (C=O) groups is 2. The Bertz CT molecular complexity index is 1190. The van der Waals surface area contributed by atoms with Crippen LogP contribution in [0.2, 0.25) is 0 Å². The first-order valence-electron chi connectivity index (χ1n) is 11.9. The molecular weight excluding hydrogens is 452 g/mol. The normalized spacial score (nSPS) is 24.2. The summed E-state index contributed by atoms with van der Waals surface area (Å²) >= 11 is 0. The van der Waals surface area contributed by atoms with Crippen LogP contribution in [0.1, 0.15) is 41.5 Å². The highest BCUT2D eigenvalue weighted by atomic mass is 16.6. The van der Waals surface area contributed by atoms with Crippen molar-refractivity contribution in [1.29, 1.82) is 0 Å². The molecule has 0 radical (unpaired) electrons. The van der Waals surface area contributed by atoms with Crippen molar-refractivity contribution >= 4 is 34.4 Å². The number of hydrazine groups is 1. The van der Waals surface area contributed by atoms with E-state index in [0.29, 0.717) is 37.3 Å². The number of carbonyl (C=O) groups excluding carboxylic acids is 2. The lowest BCUT2D eigenvalue weighted by Crippen LogP contribution is -2.38. The number of morpholine rings is 1. The van der Waals surface area contributed by atoms with E-state index < -0.39 is 22.7 Å². The molecule has 2 aromatic rings. The Balaban J connectivity index is 1.69. The molecule has 2 atom stereocenters. The van der Waals surface area contributed by atoms with Crippen LogP contribution in [0.4, 0.5) is 11.5 Å². The molecule has 190 valence electrons. The van der Waals surface area contributed by atoms with E-state index in [-0.39, 0.29) is 30.1 Å². The lowest BCUT2D eigenvalue weighted by Gasteiger charge is -2.29. The summed E-state index contributed by atoms with van der Waals surface area (Å²) in [4.78, 5) is 49.1. The largest absolute Gasteiger partial charge is 0.459 e. The summed E-state index contributed by atoms with van der Waals surface area (Å²) in [6, 6.07) is 1.81. The molecule has 11 heteroatoms. The second-order valence-electron chi connectivity index (χ2n) is 10.5. The summed E-state index contributed by atoms with van der Waals surface area (Å²) in [5, 5.41) is 0. The Labute approximate surface area is 204 Å². The molecule has 2 aromatic heterocycles. The van der Waals surface area contributed by atoms with Crippen LogP contribution in [0.3, 0.4) is 0 Å². The summed E-state index contributed by atoms with van der Waals surface area (Å²) in [5.74, 6) is -0.0969. The summed E-state index contributed by atoms with van der Waals surface area (Å²) in [5.41, 5.74) is 5.23. The van der Waals surface area contributed by atoms with Crippen molar-refractivity contribution in [3.05, 3.63) is 22.7 Å². The molecule has 1 saturated carbocycles. The SMILES string of the molecule is CC1C(C)C1(C)C(=O)NNc1nc(=O)n(CC(=O)OC(C)(C)C)c2cc(N3CCOCC3)cnc12. The third-order valence-corrected chi connectivity index (χ3v) is 7.21. The number of amides is 1. The summed E-state index contributed by atoms with van der Waals surface area (Å²) in [6.45, 7) is 13.5. The minimum Gasteiger partial charge on any atom is -0.459 e. The zero-order valence-electron chi connectivity index (χ0n) is 21.2. The zero-order valence-corrected chi connectivity index (χ0v) is 21.2. The molecule has 1 aliphatic carbocycles. The van der Waals surface area contributed by atoms with Gasteiger partial charge in [0, 0.05) is 13.1 Å². The van der Waals surface area contributed by atoms with Gasteiger partial charge in [0.05, 0.1) is 36.0 Å². The molecule has 2 aliphatic rings. The average Bonchev–Trinajstić information content (AvgIpc) is 3.30. The van der Waals surface area contributed by atoms with Gasteiger partial charge in [0.1, 0.15) is 17.7 Å². The molecule has 11 nitrogen and oxygen atoms in total. The number of esters is 1. The molecule has 2 N–H and O–H groups in total. The topological polar surface area (TPSA) is 128 Å². The molecule has 2 fully saturated rings. The van der Waals surface area contributed by atoms with Crippen LogP contribution in [-0.4, -0.2) is 58.3 Å². The Morgan fingerprint density at radius 1 is 1.23 bits per heavy atom. The Hall–Kier alpha value is -3.21. The summed E-state index contributed by atoms with van der Waals surface area (Å²) in [7, 11) is 0. The highest BCUT2D eigenvalue weighted by molar-refractivity contribution is 5.91. The maximum Gasteiger partial charge on any atom is 0.350 e. The molecule has 1 saturated heterocycles. The van der Waals surface area contributed by atoms with Crippen molar-refractivity contribution in [3.8, 4) is 0 Å². The number of ether oxygens (including phenoxy) is 2. The molecule has 0 spiro atoms. The van der Waals surface area contributed by atoms with Crippen molar-refractivity contribution in [2.75, 3.05) is 36.6 Å². The van der Waals surface area contributed by atoms with Gasteiger partial charge in [-0.25, -0.2) is 9.78 Å². The van der Waals surface area contributed by atoms with Gasteiger partial charge in [0.2, 0.25) is 5.91 Å². The molecule has 0 bridgehead atoms. The van der Waals surface area contributed by atoms with E-state index >= 15 is 0 Å². The Morgan fingerprint density at radius 3 is 2.49 bits per heavy atom. The fourth-order valence-electron chi connectivity index (χ4n) is 4.53. The monoisotopic (exact) mass is 486 g/mol. The third-order valence-electron chi connectivity index (χ3n) is 7.21. The molecular formula is C24H34N6O5. The van der Waals surface area contributed by atoms with Gasteiger partial charge in [0.15, 0.2) is 5.82 Å². The molecule has 3 heterocycles. The molecule has 35 heavy (non-hydrogen) atoms. The van der Waals surface area contributed by atoms with Gasteiger partial charge < -0.3 is 14.4 Å². The first-order valence-corrected chi connectivity index (χ1v) is 11.9. The van der Waals surface area contributed by atoms with Gasteiger partial charge in [-0.2, -0.15) is 4.98 Å². The number of hydrogen-bond donors (Lipinski definition) is 2. The predicted molar refractivity (Wildman–Crippen MR) is 131 cm³/mol. The number of hydrogen-bond acceptors (Lipinski definition) is 9. The fraction of sp³-hybridized carbons (Fsp3) is 0.625. The van der Waals surface area contributed by atoms with Crippen molar-refractivity contribution < 1.29 is 19.1 Å². The molecule has 4 rings (SSSR count). The van der Waals surface area contributed by atoms with Crippen LogP contribution >= 0.6 is 0 Å². The standard InChI is InChI=1S/C24H34N6O5/c1-14-15(2)24(14,6)21(32)28-27-20-19-17(11-16(12-25-19)29-7-9-34-10-8-29)30(22(33)26-20)13-18(31)35-23(3,4)5/h11-12,14-15H,7-10,13H2,1-6H3,(H,28,32)(H,26,27,33). The van der Waals surface area contributed by atoms with E-state index in [1.807, 2.05) is 20.8 Å². The highest BCUT2D eigenvalue weighted by Gasteiger charge is 2.60. The van der Waals surface area contributed by atoms with Gasteiger partial charge in [-0.1, -0.05) is 20.8 Å². The summed E-state index contributed by atoms with van der Waals surface area (Å²) < 4.78 is 12.1. The Kier molecular flexibility index (Phi) is 6.48. The van der Waals surface area contributed by atoms with Gasteiger partial charge in [-0.3, -0.25) is 25.0 Å². The van der Waals surface area contributed by atoms with Crippen LogP contribution in [0, 0.1) is 17.3 Å². The van der Waals surface area contributed by atoms with Gasteiger partial charge in [-0.05, 0) is 38.7 Å². The number of nitrogens with one attached hydrogen (secondary N) is 2. The van der Waals surface area contributed by atoms with Crippen LogP contribution in [-0.2, 0) is 25.6 Å². The predicted octanol–water partition coefficient (Wildman–Crippen LogP) is 1.71. The first kappa shape index (κ1) is 24.9. The lowest BCUT2D eigenvalue weighted by molar-refractivity contribution is -0.155. The van der Waals surface area contributed by atoms with Gasteiger partial charge in [0.25, 0.3) is 0 Å². The van der Waals surface area contributed by atoms with E-state index in [4.69, 9.17) is 9.47 Å². The molecule has 2 unspecified atom stereocenters. The van der Waals surface area contributed by atoms with E-state index in [1.54, 1.807) is 33.0 Å². The second kappa shape index (κ2) is 9.10. The number of aromatic nitrogens is 3. The number of fused-ring (bicyclic) bond motifs is 1. The minimum absolute atomic E-state index is 0.122. The highest BCUT2D eigenvalue weighted by Crippen LogP contribution is 2.57. The maximum absolute atomic E-state index is 13.0. The smallest absolute Gasteiger partial charge is 0.350 e. The van der Waals surface area contributed by atoms with Crippen molar-refractivity contribution in [1.82, 2.24) is 20.0 Å². The number of anilines is 2. The van der Waals surface area contributed by atoms with Crippen LogP contribution < -0.4 is 21.4 Å². The van der Waals surface area contributed by atoms with Crippen molar-refractivity contribution in [2.45, 2.75) is 53.7 Å². The van der Waals surface area contributed by atoms with Crippen LogP contribution in [0.25, 0.3) is 11.0 Å². The van der Waals surface area contributed by atoms with Crippen LogP contribution in [0.5, 0.6) is 0 Å². The van der Waals surface area contributed by atoms with E-state index in [1.165, 1.54) is 4.57 Å². The molecule has 1 amide bonds. The number of nitrogens with zero attached hydrogens (tertiary/aromatic N) is 4. The third kappa shape index (κ3) is 4.95. The number of rotatable bonds is 6. The maximum atomic E-state index is 13.0. The second-order valence-corrected chi connectivity index (χ2v) is 10.5. The van der Waals surface area contributed by atoms with Crippen molar-refractivity contribution in [2.24, 2.45) is 17.3 Å². The average molecular weight is 487 g/mol. The molecule has 1 aliphatic heterocycles. The van der Waals surface area contributed by atoms with Crippen molar-refractivity contribution in [3.63, 3.8) is 0 Å². The molecule has 0 aromatic carbocycles. The quantitative estimate of drug-likeness (QED) is 0.463. The minimum atomic E-state index is -0.694. The fourth-order valence-corrected chi connectivity index (χ4v) is 4.53. The number of pyridine rings is 1. The first-order chi connectivity index (χ1) is 16.4. The Morgan fingerprint density at radius 2 is 1.89 bits per heavy atom. The van der Waals surface area contributed by atoms with E-state index in [9.17, 15) is 14.4 Å². The van der Waals surface area contributed by atoms with E-state index in [0.717, 1.165) is 5.69 Å². The van der Waals surface area contributed by atoms with Gasteiger partial charge in [-0.15, -0.1) is 0 Å². The van der Waals surface area contributed by atoms with Gasteiger partial charge >= 0.3 is 11.7 Å². The summed E-state index contributed by atoms with van der Waals surface area (Å²) in [6.07, 6.45) is 1.69. The van der Waals surface area contributed by atoms with E-state index in [2.05, 4.69) is 25.7 Å². The lowest BCUT2D eigenvalue weighted by atomic mass is 10.1. The van der Waals surface area contributed by atoms with Crippen LogP contribution in [0.15, 0.2) is 17.1 Å². The zero-order chi connectivity index (χ0) is 25.5.